The molecule has 1 unspecified atom stereocenters. The highest BCUT2D eigenvalue weighted by Crippen LogP contribution is 2.15. The lowest BCUT2D eigenvalue weighted by Crippen LogP contribution is -2.30. The van der Waals surface area contributed by atoms with Crippen molar-refractivity contribution in [3.05, 3.63) is 48.6 Å². The molecule has 0 amide bonds. The predicted octanol–water partition coefficient (Wildman–Crippen LogP) is 16.3. The normalized spacial score (nSPS) is 12.4. The van der Waals surface area contributed by atoms with Crippen LogP contribution < -0.4 is 0 Å². The average Bonchev–Trinajstić information content (AvgIpc) is 3.23. The van der Waals surface area contributed by atoms with Crippen LogP contribution in [0.2, 0.25) is 0 Å². The summed E-state index contributed by atoms with van der Waals surface area (Å²) in [5.74, 6) is -0.902. The highest BCUT2D eigenvalue weighted by molar-refractivity contribution is 5.71. The van der Waals surface area contributed by atoms with Gasteiger partial charge in [0.1, 0.15) is 13.2 Å². The minimum atomic E-state index is -0.781. The number of hydrogen-bond donors (Lipinski definition) is 0. The summed E-state index contributed by atoms with van der Waals surface area (Å²) in [5, 5.41) is 0. The van der Waals surface area contributed by atoms with Crippen molar-refractivity contribution in [3.8, 4) is 0 Å². The Kier molecular flexibility index (Phi) is 45.9. The van der Waals surface area contributed by atoms with E-state index in [1.165, 1.54) is 128 Å². The topological polar surface area (TPSA) is 78.9 Å². The van der Waals surface area contributed by atoms with Crippen molar-refractivity contribution in [2.24, 2.45) is 0 Å². The van der Waals surface area contributed by atoms with Crippen LogP contribution in [0.5, 0.6) is 0 Å². The Balaban J connectivity index is 4.36. The second-order valence-electron chi connectivity index (χ2n) is 16.8. The van der Waals surface area contributed by atoms with Crippen LogP contribution in [0.3, 0.4) is 0 Å². The molecule has 0 spiro atoms. The van der Waals surface area contributed by atoms with E-state index in [1.54, 1.807) is 0 Å². The smallest absolute Gasteiger partial charge is 0.306 e. The highest BCUT2D eigenvalue weighted by atomic mass is 16.6. The van der Waals surface area contributed by atoms with Gasteiger partial charge >= 0.3 is 17.9 Å². The second-order valence-corrected chi connectivity index (χ2v) is 16.8. The van der Waals surface area contributed by atoms with Gasteiger partial charge in [-0.05, 0) is 64.2 Å². The van der Waals surface area contributed by atoms with Crippen molar-refractivity contribution >= 4 is 17.9 Å². The molecule has 0 radical (unpaired) electrons. The summed E-state index contributed by atoms with van der Waals surface area (Å²) in [6.07, 6.45) is 56.6. The Morgan fingerprint density at radius 1 is 0.356 bits per heavy atom. The Labute approximate surface area is 365 Å². The molecule has 0 saturated heterocycles. The third-order valence-corrected chi connectivity index (χ3v) is 10.9. The predicted molar refractivity (Wildman–Crippen MR) is 252 cm³/mol. The number of carbonyl (C=O) groups excluding carboxylic acids is 3. The van der Waals surface area contributed by atoms with Crippen molar-refractivity contribution < 1.29 is 28.6 Å². The van der Waals surface area contributed by atoms with Crippen molar-refractivity contribution in [3.63, 3.8) is 0 Å². The van der Waals surface area contributed by atoms with Gasteiger partial charge < -0.3 is 14.2 Å². The number of rotatable bonds is 45. The van der Waals surface area contributed by atoms with Crippen molar-refractivity contribution in [1.29, 1.82) is 0 Å². The molecule has 0 aliphatic rings. The highest BCUT2D eigenvalue weighted by Gasteiger charge is 2.19. The first-order valence-electron chi connectivity index (χ1n) is 25.2. The van der Waals surface area contributed by atoms with Gasteiger partial charge in [-0.2, -0.15) is 0 Å². The van der Waals surface area contributed by atoms with Crippen LogP contribution in [0.1, 0.15) is 252 Å². The fourth-order valence-corrected chi connectivity index (χ4v) is 7.08. The first kappa shape index (κ1) is 56.4. The van der Waals surface area contributed by atoms with Gasteiger partial charge in [0.2, 0.25) is 0 Å². The number of esters is 3. The van der Waals surface area contributed by atoms with E-state index in [4.69, 9.17) is 14.2 Å². The molecule has 342 valence electrons. The van der Waals surface area contributed by atoms with E-state index in [2.05, 4.69) is 69.4 Å². The molecule has 0 fully saturated rings. The van der Waals surface area contributed by atoms with E-state index < -0.39 is 6.10 Å². The van der Waals surface area contributed by atoms with Gasteiger partial charge in [0.25, 0.3) is 0 Å². The maximum absolute atomic E-state index is 12.7. The molecular formula is C53H94O6. The van der Waals surface area contributed by atoms with Gasteiger partial charge in [-0.3, -0.25) is 14.4 Å². The lowest BCUT2D eigenvalue weighted by molar-refractivity contribution is -0.167. The van der Waals surface area contributed by atoms with E-state index in [-0.39, 0.29) is 31.1 Å². The third kappa shape index (κ3) is 46.3. The van der Waals surface area contributed by atoms with Crippen LogP contribution >= 0.6 is 0 Å². The number of allylic oxidation sites excluding steroid dienone is 8. The summed E-state index contributed by atoms with van der Waals surface area (Å²) in [4.78, 5) is 37.9. The van der Waals surface area contributed by atoms with Gasteiger partial charge in [0.05, 0.1) is 0 Å². The van der Waals surface area contributed by atoms with Gasteiger partial charge in [0.15, 0.2) is 6.10 Å². The zero-order valence-electron chi connectivity index (χ0n) is 39.0. The van der Waals surface area contributed by atoms with Crippen LogP contribution in [0, 0.1) is 0 Å². The minimum Gasteiger partial charge on any atom is -0.462 e. The summed E-state index contributed by atoms with van der Waals surface area (Å²) >= 11 is 0. The molecule has 6 nitrogen and oxygen atoms in total. The minimum absolute atomic E-state index is 0.0810. The quantitative estimate of drug-likeness (QED) is 0.0200. The maximum atomic E-state index is 12.7. The summed E-state index contributed by atoms with van der Waals surface area (Å²) in [6, 6.07) is 0. The van der Waals surface area contributed by atoms with Crippen LogP contribution in [0.4, 0.5) is 0 Å². The molecule has 0 aliphatic heterocycles. The van der Waals surface area contributed by atoms with E-state index >= 15 is 0 Å². The third-order valence-electron chi connectivity index (χ3n) is 10.9. The number of hydrogen-bond acceptors (Lipinski definition) is 6. The molecule has 0 aliphatic carbocycles. The van der Waals surface area contributed by atoms with Crippen molar-refractivity contribution in [2.75, 3.05) is 13.2 Å². The van der Waals surface area contributed by atoms with Gasteiger partial charge in [-0.15, -0.1) is 0 Å². The molecule has 0 rings (SSSR count). The molecule has 0 heterocycles. The molecule has 0 aromatic carbocycles. The largest absolute Gasteiger partial charge is 0.462 e. The summed E-state index contributed by atoms with van der Waals surface area (Å²) in [6.45, 7) is 6.48. The zero-order valence-corrected chi connectivity index (χ0v) is 39.0. The monoisotopic (exact) mass is 827 g/mol. The van der Waals surface area contributed by atoms with E-state index in [0.29, 0.717) is 19.3 Å². The molecule has 0 saturated carbocycles. The van der Waals surface area contributed by atoms with Crippen LogP contribution in [-0.4, -0.2) is 37.2 Å². The Hall–Kier alpha value is -2.63. The summed E-state index contributed by atoms with van der Waals surface area (Å²) < 4.78 is 16.7. The standard InChI is InChI=1S/C53H94O6/c1-4-7-10-13-16-19-22-24-25-26-27-29-31-34-37-40-43-46-52(55)58-49-50(48-57-51(54)45-42-39-36-33-30-21-18-15-12-9-6-3)59-53(56)47-44-41-38-35-32-28-23-20-17-14-11-8-5-2/h8,11,14,17,20,23-25,50H,4-7,9-10,12-13,15-16,18-19,21-22,26-49H2,1-3H3/b11-8-,17-14-,23-20-,25-24-. The van der Waals surface area contributed by atoms with Crippen LogP contribution in [0.15, 0.2) is 48.6 Å². The molecule has 6 heteroatoms. The first-order valence-corrected chi connectivity index (χ1v) is 25.2. The fraction of sp³-hybridized carbons (Fsp3) is 0.792. The fourth-order valence-electron chi connectivity index (χ4n) is 7.08. The molecule has 0 aromatic heterocycles. The lowest BCUT2D eigenvalue weighted by atomic mass is 10.1. The molecule has 0 aromatic rings. The molecule has 0 N–H and O–H groups in total. The summed E-state index contributed by atoms with van der Waals surface area (Å²) in [7, 11) is 0. The average molecular weight is 827 g/mol. The Morgan fingerprint density at radius 2 is 0.678 bits per heavy atom. The number of unbranched alkanes of at least 4 members (excludes halogenated alkanes) is 28. The number of ether oxygens (including phenoxy) is 3. The SMILES string of the molecule is CC\C=C/C=C\C=C/CCCCCCCC(=O)OC(COC(=O)CCCCCCCCC/C=C\CCCCCCCC)COC(=O)CCCCCCCCCCCCC. The second kappa shape index (κ2) is 48.0. The molecule has 0 bridgehead atoms. The molecule has 1 atom stereocenters. The Morgan fingerprint density at radius 3 is 1.07 bits per heavy atom. The van der Waals surface area contributed by atoms with E-state index in [0.717, 1.165) is 83.5 Å². The van der Waals surface area contributed by atoms with Crippen molar-refractivity contribution in [1.82, 2.24) is 0 Å². The van der Waals surface area contributed by atoms with E-state index in [1.807, 2.05) is 0 Å². The lowest BCUT2D eigenvalue weighted by Gasteiger charge is -2.18. The maximum Gasteiger partial charge on any atom is 0.306 e. The van der Waals surface area contributed by atoms with Crippen LogP contribution in [0.25, 0.3) is 0 Å². The van der Waals surface area contributed by atoms with Gasteiger partial charge in [-0.1, -0.05) is 217 Å². The van der Waals surface area contributed by atoms with Gasteiger partial charge in [-0.25, -0.2) is 0 Å². The zero-order chi connectivity index (χ0) is 43.0. The van der Waals surface area contributed by atoms with Crippen LogP contribution in [-0.2, 0) is 28.6 Å². The van der Waals surface area contributed by atoms with Crippen molar-refractivity contribution in [2.45, 2.75) is 258 Å². The van der Waals surface area contributed by atoms with Gasteiger partial charge in [0, 0.05) is 19.3 Å². The molecular weight excluding hydrogens is 733 g/mol. The summed E-state index contributed by atoms with van der Waals surface area (Å²) in [5.41, 5.74) is 0. The van der Waals surface area contributed by atoms with E-state index in [9.17, 15) is 14.4 Å². The Bertz CT molecular complexity index is 1040. The first-order chi connectivity index (χ1) is 29.0. The number of carbonyl (C=O) groups is 3. The molecule has 59 heavy (non-hydrogen) atoms.